The maximum Gasteiger partial charge on any atom is 0.339 e. The summed E-state index contributed by atoms with van der Waals surface area (Å²) in [6.45, 7) is -0.269. The van der Waals surface area contributed by atoms with Crippen molar-refractivity contribution in [2.24, 2.45) is 0 Å². The molecule has 9 rings (SSSR count). The molecule has 1 aliphatic heterocycles. The van der Waals surface area contributed by atoms with Crippen molar-refractivity contribution in [2.45, 2.75) is 22.9 Å². The van der Waals surface area contributed by atoms with Crippen molar-refractivity contribution in [1.29, 1.82) is 0 Å². The van der Waals surface area contributed by atoms with Crippen molar-refractivity contribution in [1.82, 2.24) is 0 Å². The molecule has 9 heteroatoms. The number of carbonyl (C=O) groups is 4. The van der Waals surface area contributed by atoms with Gasteiger partial charge in [-0.25, -0.2) is 19.2 Å². The van der Waals surface area contributed by atoms with Gasteiger partial charge in [-0.3, -0.25) is 0 Å². The Morgan fingerprint density at radius 2 is 0.591 bits per heavy atom. The minimum Gasteiger partial charge on any atom is -0.461 e. The third-order valence-electron chi connectivity index (χ3n) is 11.3. The Morgan fingerprint density at radius 1 is 0.318 bits per heavy atom. The van der Waals surface area contributed by atoms with Crippen LogP contribution >= 0.6 is 11.8 Å². The normalized spacial score (nSPS) is 16.4. The molecule has 1 heterocycles. The van der Waals surface area contributed by atoms with Crippen LogP contribution in [0.15, 0.2) is 218 Å². The second kappa shape index (κ2) is 20.2. The van der Waals surface area contributed by atoms with Gasteiger partial charge in [0.05, 0.1) is 27.5 Å². The first kappa shape index (κ1) is 43.3. The zero-order chi connectivity index (χ0) is 45.2. The summed E-state index contributed by atoms with van der Waals surface area (Å²) in [5.74, 6) is -2.72. The SMILES string of the molecule is O=C(OC[C@@H]1SC(OC(=O)c2ccc(-c3ccccc3)cc2)[C@@H](OC(=O)c2ccc(-c3ccccc3)cc2)[C@H]1OC(=O)c1ccc(-c2ccccc2)cc1)c1ccc(-c2ccccc2)cc1. The first-order valence-electron chi connectivity index (χ1n) is 21.4. The van der Waals surface area contributed by atoms with Crippen LogP contribution in [0.3, 0.4) is 0 Å². The van der Waals surface area contributed by atoms with E-state index in [0.717, 1.165) is 56.3 Å². The lowest BCUT2D eigenvalue weighted by Gasteiger charge is -2.25. The van der Waals surface area contributed by atoms with Crippen LogP contribution in [0.2, 0.25) is 0 Å². The molecule has 0 aromatic heterocycles. The topological polar surface area (TPSA) is 105 Å². The monoisotopic (exact) mass is 886 g/mol. The minimum absolute atomic E-state index is 0.233. The van der Waals surface area contributed by atoms with Gasteiger partial charge in [0.15, 0.2) is 17.6 Å². The molecule has 0 radical (unpaired) electrons. The lowest BCUT2D eigenvalue weighted by molar-refractivity contribution is -0.0607. The molecule has 8 nitrogen and oxygen atoms in total. The zero-order valence-corrected chi connectivity index (χ0v) is 36.3. The molecule has 0 saturated carbocycles. The fourth-order valence-electron chi connectivity index (χ4n) is 7.70. The first-order chi connectivity index (χ1) is 32.4. The van der Waals surface area contributed by atoms with Crippen molar-refractivity contribution in [3.63, 3.8) is 0 Å². The highest BCUT2D eigenvalue weighted by atomic mass is 32.2. The lowest BCUT2D eigenvalue weighted by atomic mass is 10.0. The van der Waals surface area contributed by atoms with Gasteiger partial charge >= 0.3 is 23.9 Å². The van der Waals surface area contributed by atoms with Crippen molar-refractivity contribution >= 4 is 35.6 Å². The van der Waals surface area contributed by atoms with E-state index in [1.54, 1.807) is 48.5 Å². The third kappa shape index (κ3) is 10.2. The second-order valence-corrected chi connectivity index (χ2v) is 16.9. The second-order valence-electron chi connectivity index (χ2n) is 15.6. The number of rotatable bonds is 13. The van der Waals surface area contributed by atoms with Crippen LogP contribution in [-0.2, 0) is 18.9 Å². The van der Waals surface area contributed by atoms with Crippen LogP contribution in [0, 0.1) is 0 Å². The lowest BCUT2D eigenvalue weighted by Crippen LogP contribution is -2.42. The largest absolute Gasteiger partial charge is 0.461 e. The molecule has 0 N–H and O–H groups in total. The Balaban J connectivity index is 1.00. The van der Waals surface area contributed by atoms with Crippen molar-refractivity contribution < 1.29 is 38.1 Å². The van der Waals surface area contributed by atoms with Gasteiger partial charge in [-0.2, -0.15) is 0 Å². The predicted molar refractivity (Wildman–Crippen MR) is 257 cm³/mol. The predicted octanol–water partition coefficient (Wildman–Crippen LogP) is 12.3. The van der Waals surface area contributed by atoms with Gasteiger partial charge in [-0.1, -0.05) is 170 Å². The molecular weight excluding hydrogens is 845 g/mol. The Kier molecular flexibility index (Phi) is 13.3. The third-order valence-corrected chi connectivity index (χ3v) is 12.7. The van der Waals surface area contributed by atoms with Crippen molar-refractivity contribution in [3.8, 4) is 44.5 Å². The Hall–Kier alpha value is -8.01. The molecule has 4 atom stereocenters. The molecule has 8 aromatic rings. The molecule has 8 aromatic carbocycles. The smallest absolute Gasteiger partial charge is 0.339 e. The zero-order valence-electron chi connectivity index (χ0n) is 35.5. The van der Waals surface area contributed by atoms with E-state index in [1.165, 1.54) is 0 Å². The van der Waals surface area contributed by atoms with Crippen molar-refractivity contribution in [3.05, 3.63) is 241 Å². The maximum atomic E-state index is 14.1. The molecule has 1 aliphatic rings. The summed E-state index contributed by atoms with van der Waals surface area (Å²) >= 11 is 1.09. The molecule has 0 aliphatic carbocycles. The van der Waals surface area contributed by atoms with Crippen LogP contribution in [0.4, 0.5) is 0 Å². The van der Waals surface area contributed by atoms with Crippen LogP contribution < -0.4 is 0 Å². The Labute approximate surface area is 386 Å². The quantitative estimate of drug-likeness (QED) is 0.0826. The fraction of sp³-hybridized carbons (Fsp3) is 0.0877. The van der Waals surface area contributed by atoms with Crippen LogP contribution in [0.1, 0.15) is 41.4 Å². The van der Waals surface area contributed by atoms with E-state index >= 15 is 0 Å². The van der Waals surface area contributed by atoms with Gasteiger partial charge in [0.1, 0.15) is 6.61 Å². The number of esters is 4. The molecule has 1 unspecified atom stereocenters. The van der Waals surface area contributed by atoms with Crippen LogP contribution in [-0.4, -0.2) is 53.4 Å². The molecule has 0 bridgehead atoms. The number of hydrogen-bond acceptors (Lipinski definition) is 9. The molecule has 1 fully saturated rings. The van der Waals surface area contributed by atoms with E-state index in [1.807, 2.05) is 170 Å². The van der Waals surface area contributed by atoms with Gasteiger partial charge in [0.25, 0.3) is 0 Å². The number of carbonyl (C=O) groups excluding carboxylic acids is 4. The molecule has 66 heavy (non-hydrogen) atoms. The summed E-state index contributed by atoms with van der Waals surface area (Å²) < 4.78 is 24.5. The maximum absolute atomic E-state index is 14.1. The summed E-state index contributed by atoms with van der Waals surface area (Å²) in [7, 11) is 0. The first-order valence-corrected chi connectivity index (χ1v) is 22.4. The van der Waals surface area contributed by atoms with E-state index in [2.05, 4.69) is 0 Å². The summed E-state index contributed by atoms with van der Waals surface area (Å²) in [5.41, 5.74) is 7.45. The average molecular weight is 887 g/mol. The number of thioether (sulfide) groups is 1. The van der Waals surface area contributed by atoms with E-state index < -0.39 is 46.8 Å². The highest BCUT2D eigenvalue weighted by molar-refractivity contribution is 8.00. The molecule has 1 saturated heterocycles. The highest BCUT2D eigenvalue weighted by Crippen LogP contribution is 2.41. The van der Waals surface area contributed by atoms with E-state index in [4.69, 9.17) is 18.9 Å². The average Bonchev–Trinajstić information content (AvgIpc) is 3.70. The fourth-order valence-corrected chi connectivity index (χ4v) is 9.07. The summed E-state index contributed by atoms with van der Waals surface area (Å²) in [6.07, 6.45) is -2.54. The van der Waals surface area contributed by atoms with Gasteiger partial charge in [-0.05, 0) is 93.0 Å². The number of benzene rings is 8. The van der Waals surface area contributed by atoms with Crippen LogP contribution in [0.25, 0.3) is 44.5 Å². The summed E-state index contributed by atoms with van der Waals surface area (Å²) in [4.78, 5) is 55.7. The van der Waals surface area contributed by atoms with Crippen LogP contribution in [0.5, 0.6) is 0 Å². The molecule has 0 spiro atoms. The Bertz CT molecular complexity index is 2910. The van der Waals surface area contributed by atoms with Gasteiger partial charge in [0, 0.05) is 0 Å². The summed E-state index contributed by atoms with van der Waals surface area (Å²) in [5, 5.41) is -0.832. The van der Waals surface area contributed by atoms with Gasteiger partial charge < -0.3 is 18.9 Å². The number of hydrogen-bond donors (Lipinski definition) is 0. The standard InChI is InChI=1S/C57H42O8S/c58-53(46-29-21-42(22-30-46)38-13-5-1-6-14-38)62-37-50-51(63-54(59)47-31-23-43(24-32-47)39-15-7-2-8-16-39)52(64-55(60)48-33-25-44(26-34-48)40-17-9-3-10-18-40)57(66-50)65-56(61)49-35-27-45(28-36-49)41-19-11-4-12-20-41/h1-36,50-52,57H,37H2/t50-,51-,52-,57?/m0/s1. The van der Waals surface area contributed by atoms with E-state index in [0.29, 0.717) is 5.56 Å². The molecule has 0 amide bonds. The van der Waals surface area contributed by atoms with E-state index in [-0.39, 0.29) is 23.3 Å². The van der Waals surface area contributed by atoms with Gasteiger partial charge in [0.2, 0.25) is 0 Å². The summed E-state index contributed by atoms with van der Waals surface area (Å²) in [6, 6.07) is 67.0. The Morgan fingerprint density at radius 3 is 0.924 bits per heavy atom. The highest BCUT2D eigenvalue weighted by Gasteiger charge is 2.52. The van der Waals surface area contributed by atoms with Crippen molar-refractivity contribution in [2.75, 3.05) is 6.61 Å². The molecule has 324 valence electrons. The van der Waals surface area contributed by atoms with Gasteiger partial charge in [-0.15, -0.1) is 11.8 Å². The van der Waals surface area contributed by atoms with E-state index in [9.17, 15) is 19.2 Å². The molecular formula is C57H42O8S. The minimum atomic E-state index is -1.31. The number of ether oxygens (including phenoxy) is 4.